The smallest absolute Gasteiger partial charge is 0.272 e. The summed E-state index contributed by atoms with van der Waals surface area (Å²) in [5, 5.41) is 2.59. The summed E-state index contributed by atoms with van der Waals surface area (Å²) in [6, 6.07) is 24.8. The van der Waals surface area contributed by atoms with Crippen LogP contribution in [-0.4, -0.2) is 40.4 Å². The molecule has 3 aromatic carbocycles. The number of para-hydroxylation sites is 2. The summed E-state index contributed by atoms with van der Waals surface area (Å²) in [5.74, 6) is -0.223. The molecule has 7 heteroatoms. The van der Waals surface area contributed by atoms with Crippen LogP contribution in [0.25, 0.3) is 11.0 Å². The van der Waals surface area contributed by atoms with Crippen molar-refractivity contribution in [3.8, 4) is 0 Å². The van der Waals surface area contributed by atoms with Crippen LogP contribution in [0.5, 0.6) is 0 Å². The number of carbonyl (C=O) groups is 2. The third-order valence-corrected chi connectivity index (χ3v) is 6.25. The molecule has 0 aliphatic heterocycles. The number of aryl methyl sites for hydroxylation is 3. The molecule has 0 aliphatic carbocycles. The number of benzene rings is 3. The molecule has 4 rings (SSSR count). The molecule has 184 valence electrons. The highest BCUT2D eigenvalue weighted by molar-refractivity contribution is 5.93. The van der Waals surface area contributed by atoms with Crippen molar-refractivity contribution in [3.63, 3.8) is 0 Å². The van der Waals surface area contributed by atoms with Crippen LogP contribution in [0.3, 0.4) is 0 Å². The van der Waals surface area contributed by atoms with Gasteiger partial charge in [-0.1, -0.05) is 54.6 Å². The minimum Gasteiger partial charge on any atom is -0.355 e. The van der Waals surface area contributed by atoms with E-state index in [9.17, 15) is 14.4 Å². The first-order valence-electron chi connectivity index (χ1n) is 12.0. The fraction of sp³-hybridized carbons (Fsp3) is 0.241. The van der Waals surface area contributed by atoms with E-state index in [1.807, 2.05) is 54.6 Å². The minimum absolute atomic E-state index is 0.0735. The largest absolute Gasteiger partial charge is 0.355 e. The van der Waals surface area contributed by atoms with E-state index in [2.05, 4.69) is 22.4 Å². The van der Waals surface area contributed by atoms with Gasteiger partial charge >= 0.3 is 0 Å². The molecule has 4 aromatic rings. The van der Waals surface area contributed by atoms with E-state index in [1.54, 1.807) is 35.7 Å². The maximum absolute atomic E-state index is 13.3. The zero-order chi connectivity index (χ0) is 25.5. The first-order chi connectivity index (χ1) is 17.5. The number of hydrogen-bond donors (Lipinski definition) is 1. The molecule has 36 heavy (non-hydrogen) atoms. The molecule has 0 saturated carbocycles. The summed E-state index contributed by atoms with van der Waals surface area (Å²) in [6.45, 7) is 0.956. The van der Waals surface area contributed by atoms with Gasteiger partial charge in [-0.25, -0.2) is 4.98 Å². The van der Waals surface area contributed by atoms with Crippen LogP contribution < -0.4 is 10.9 Å². The van der Waals surface area contributed by atoms with E-state index < -0.39 is 0 Å². The van der Waals surface area contributed by atoms with Gasteiger partial charge in [-0.05, 0) is 41.8 Å². The fourth-order valence-electron chi connectivity index (χ4n) is 4.20. The second-order valence-corrected chi connectivity index (χ2v) is 8.77. The van der Waals surface area contributed by atoms with Gasteiger partial charge in [0.1, 0.15) is 5.69 Å². The second-order valence-electron chi connectivity index (χ2n) is 8.77. The zero-order valence-corrected chi connectivity index (χ0v) is 20.6. The van der Waals surface area contributed by atoms with Gasteiger partial charge in [-0.3, -0.25) is 14.4 Å². The van der Waals surface area contributed by atoms with Crippen molar-refractivity contribution < 1.29 is 9.59 Å². The molecule has 0 unspecified atom stereocenters. The number of carbonyl (C=O) groups excluding carboxylic acids is 2. The van der Waals surface area contributed by atoms with Crippen molar-refractivity contribution in [2.45, 2.75) is 32.4 Å². The van der Waals surface area contributed by atoms with Gasteiger partial charge in [0.05, 0.1) is 11.0 Å². The number of fused-ring (bicyclic) bond motifs is 1. The predicted octanol–water partition coefficient (Wildman–Crippen LogP) is 3.59. The quantitative estimate of drug-likeness (QED) is 0.395. The summed E-state index contributed by atoms with van der Waals surface area (Å²) >= 11 is 0. The Bertz CT molecular complexity index is 1410. The van der Waals surface area contributed by atoms with Gasteiger partial charge in [0.25, 0.3) is 11.5 Å². The Morgan fingerprint density at radius 1 is 0.889 bits per heavy atom. The standard InChI is InChI=1S/C29H30N4O3/c1-30-28(35)23-14-12-22(13-15-23)20-32(2)27(34)17-16-25-29(36)33(19-18-21-8-4-3-5-9-21)26-11-7-6-10-24(26)31-25/h3-15H,16-20H2,1-2H3,(H,30,35). The molecule has 7 nitrogen and oxygen atoms in total. The Morgan fingerprint density at radius 2 is 1.58 bits per heavy atom. The lowest BCUT2D eigenvalue weighted by Crippen LogP contribution is -2.30. The van der Waals surface area contributed by atoms with Crippen LogP contribution in [0, 0.1) is 0 Å². The summed E-state index contributed by atoms with van der Waals surface area (Å²) in [7, 11) is 3.33. The Balaban J connectivity index is 1.45. The lowest BCUT2D eigenvalue weighted by Gasteiger charge is -2.18. The SMILES string of the molecule is CNC(=O)c1ccc(CN(C)C(=O)CCc2nc3ccccc3n(CCc3ccccc3)c2=O)cc1. The van der Waals surface area contributed by atoms with Crippen LogP contribution >= 0.6 is 0 Å². The van der Waals surface area contributed by atoms with Crippen molar-refractivity contribution in [1.82, 2.24) is 19.8 Å². The Morgan fingerprint density at radius 3 is 2.31 bits per heavy atom. The highest BCUT2D eigenvalue weighted by atomic mass is 16.2. The van der Waals surface area contributed by atoms with Crippen LogP contribution in [-0.2, 0) is 30.7 Å². The van der Waals surface area contributed by atoms with E-state index in [1.165, 1.54) is 0 Å². The molecule has 0 bridgehead atoms. The van der Waals surface area contributed by atoms with Crippen molar-refractivity contribution in [2.75, 3.05) is 14.1 Å². The molecule has 1 heterocycles. The molecule has 0 radical (unpaired) electrons. The minimum atomic E-state index is -0.150. The molecule has 0 saturated heterocycles. The van der Waals surface area contributed by atoms with E-state index in [-0.39, 0.29) is 30.2 Å². The molecule has 0 atom stereocenters. The summed E-state index contributed by atoms with van der Waals surface area (Å²) in [4.78, 5) is 44.1. The summed E-state index contributed by atoms with van der Waals surface area (Å²) in [6.07, 6.45) is 1.19. The predicted molar refractivity (Wildman–Crippen MR) is 141 cm³/mol. The lowest BCUT2D eigenvalue weighted by molar-refractivity contribution is -0.130. The van der Waals surface area contributed by atoms with Crippen molar-refractivity contribution >= 4 is 22.8 Å². The Kier molecular flexibility index (Phi) is 7.90. The highest BCUT2D eigenvalue weighted by Gasteiger charge is 2.15. The van der Waals surface area contributed by atoms with Gasteiger partial charge in [0.15, 0.2) is 0 Å². The van der Waals surface area contributed by atoms with E-state index in [0.29, 0.717) is 24.3 Å². The Hall–Kier alpha value is -4.26. The van der Waals surface area contributed by atoms with Gasteiger partial charge < -0.3 is 14.8 Å². The lowest BCUT2D eigenvalue weighted by atomic mass is 10.1. The summed E-state index contributed by atoms with van der Waals surface area (Å²) in [5.41, 5.74) is 4.45. The molecule has 1 aromatic heterocycles. The van der Waals surface area contributed by atoms with E-state index >= 15 is 0 Å². The molecule has 0 aliphatic rings. The maximum atomic E-state index is 13.3. The van der Waals surface area contributed by atoms with Crippen LogP contribution in [0.15, 0.2) is 83.7 Å². The molecule has 0 spiro atoms. The van der Waals surface area contributed by atoms with Gasteiger partial charge in [0, 0.05) is 45.6 Å². The van der Waals surface area contributed by atoms with E-state index in [0.717, 1.165) is 28.6 Å². The summed E-state index contributed by atoms with van der Waals surface area (Å²) < 4.78 is 1.77. The van der Waals surface area contributed by atoms with Crippen LogP contribution in [0.4, 0.5) is 0 Å². The number of nitrogens with one attached hydrogen (secondary N) is 1. The number of aromatic nitrogens is 2. The first-order valence-corrected chi connectivity index (χ1v) is 12.0. The van der Waals surface area contributed by atoms with Gasteiger partial charge in [-0.15, -0.1) is 0 Å². The molecular weight excluding hydrogens is 452 g/mol. The normalized spacial score (nSPS) is 10.8. The van der Waals surface area contributed by atoms with E-state index in [4.69, 9.17) is 0 Å². The van der Waals surface area contributed by atoms with Crippen molar-refractivity contribution in [1.29, 1.82) is 0 Å². The molecular formula is C29H30N4O3. The van der Waals surface area contributed by atoms with Crippen molar-refractivity contribution in [2.24, 2.45) is 0 Å². The van der Waals surface area contributed by atoms with Crippen LogP contribution in [0.1, 0.15) is 33.6 Å². The molecule has 1 N–H and O–H groups in total. The Labute approximate surface area is 210 Å². The number of amides is 2. The average Bonchev–Trinajstić information content (AvgIpc) is 2.91. The number of nitrogens with zero attached hydrogens (tertiary/aromatic N) is 3. The highest BCUT2D eigenvalue weighted by Crippen LogP contribution is 2.13. The maximum Gasteiger partial charge on any atom is 0.272 e. The number of hydrogen-bond acceptors (Lipinski definition) is 4. The zero-order valence-electron chi connectivity index (χ0n) is 20.6. The van der Waals surface area contributed by atoms with Crippen LogP contribution in [0.2, 0.25) is 0 Å². The van der Waals surface area contributed by atoms with Crippen molar-refractivity contribution in [3.05, 3.63) is 112 Å². The molecule has 2 amide bonds. The first kappa shape index (κ1) is 24.9. The van der Waals surface area contributed by atoms with Gasteiger partial charge in [0.2, 0.25) is 5.91 Å². The third-order valence-electron chi connectivity index (χ3n) is 6.25. The number of rotatable bonds is 9. The fourth-order valence-corrected chi connectivity index (χ4v) is 4.20. The topological polar surface area (TPSA) is 84.3 Å². The average molecular weight is 483 g/mol. The molecule has 0 fully saturated rings. The second kappa shape index (κ2) is 11.4. The monoisotopic (exact) mass is 482 g/mol. The van der Waals surface area contributed by atoms with Gasteiger partial charge in [-0.2, -0.15) is 0 Å². The third kappa shape index (κ3) is 5.86.